The van der Waals surface area contributed by atoms with Gasteiger partial charge in [-0.2, -0.15) is 0 Å². The Kier molecular flexibility index (Phi) is 7.39. The molecule has 0 unspecified atom stereocenters. The molecule has 0 spiro atoms. The van der Waals surface area contributed by atoms with Crippen molar-refractivity contribution in [3.63, 3.8) is 0 Å². The number of nitrogens with one attached hydrogen (secondary N) is 1. The van der Waals surface area contributed by atoms with Crippen LogP contribution in [0.15, 0.2) is 36.0 Å². The smallest absolute Gasteiger partial charge is 0.354 e. The highest BCUT2D eigenvalue weighted by atomic mass is 16.5. The zero-order valence-electron chi connectivity index (χ0n) is 12.6. The van der Waals surface area contributed by atoms with Crippen molar-refractivity contribution in [1.82, 2.24) is 5.32 Å². The number of hydrogen-bond acceptors (Lipinski definition) is 5. The van der Waals surface area contributed by atoms with Crippen LogP contribution in [0.25, 0.3) is 6.08 Å². The summed E-state index contributed by atoms with van der Waals surface area (Å²) in [5, 5.41) is 2.39. The van der Waals surface area contributed by atoms with Crippen molar-refractivity contribution in [2.75, 3.05) is 13.2 Å². The molecule has 0 aliphatic rings. The van der Waals surface area contributed by atoms with Crippen LogP contribution in [0.3, 0.4) is 0 Å². The normalized spacial score (nSPS) is 10.7. The summed E-state index contributed by atoms with van der Waals surface area (Å²) in [7, 11) is 0. The van der Waals surface area contributed by atoms with Crippen LogP contribution in [0.1, 0.15) is 25.8 Å². The minimum absolute atomic E-state index is 0.0256. The molecule has 0 aliphatic heterocycles. The molecule has 0 bridgehead atoms. The Morgan fingerprint density at radius 1 is 1.05 bits per heavy atom. The molecule has 0 saturated heterocycles. The second-order valence-electron chi connectivity index (χ2n) is 4.22. The van der Waals surface area contributed by atoms with Gasteiger partial charge in [0.05, 0.1) is 13.2 Å². The van der Waals surface area contributed by atoms with Crippen molar-refractivity contribution in [3.8, 4) is 0 Å². The number of ether oxygens (including phenoxy) is 2. The van der Waals surface area contributed by atoms with E-state index in [9.17, 15) is 14.4 Å². The highest BCUT2D eigenvalue weighted by Crippen LogP contribution is 2.07. The topological polar surface area (TPSA) is 81.7 Å². The van der Waals surface area contributed by atoms with Crippen LogP contribution < -0.4 is 5.32 Å². The van der Waals surface area contributed by atoms with E-state index in [1.54, 1.807) is 38.1 Å². The molecule has 0 fully saturated rings. The van der Waals surface area contributed by atoms with Gasteiger partial charge >= 0.3 is 11.9 Å². The predicted octanol–water partition coefficient (Wildman–Crippen LogP) is 1.66. The Hall–Kier alpha value is -2.63. The second-order valence-corrected chi connectivity index (χ2v) is 4.22. The average molecular weight is 305 g/mol. The molecule has 0 aliphatic carbocycles. The van der Waals surface area contributed by atoms with Crippen LogP contribution in [0.4, 0.5) is 0 Å². The maximum Gasteiger partial charge on any atom is 0.354 e. The Bertz CT molecular complexity index is 551. The summed E-state index contributed by atoms with van der Waals surface area (Å²) in [6.07, 6.45) is 1.03. The average Bonchev–Trinajstić information content (AvgIpc) is 2.48. The van der Waals surface area contributed by atoms with Gasteiger partial charge < -0.3 is 14.8 Å². The van der Waals surface area contributed by atoms with E-state index in [2.05, 4.69) is 10.1 Å². The van der Waals surface area contributed by atoms with Crippen molar-refractivity contribution in [3.05, 3.63) is 41.6 Å². The molecule has 6 nitrogen and oxygen atoms in total. The minimum Gasteiger partial charge on any atom is -0.466 e. The predicted molar refractivity (Wildman–Crippen MR) is 80.4 cm³/mol. The molecule has 118 valence electrons. The largest absolute Gasteiger partial charge is 0.466 e. The number of benzene rings is 1. The lowest BCUT2D eigenvalue weighted by atomic mass is 10.2. The van der Waals surface area contributed by atoms with Gasteiger partial charge in [0.2, 0.25) is 5.91 Å². The molecule has 0 radical (unpaired) electrons. The lowest BCUT2D eigenvalue weighted by Crippen LogP contribution is -2.30. The highest BCUT2D eigenvalue weighted by molar-refractivity contribution is 6.02. The first-order chi connectivity index (χ1) is 10.6. The van der Waals surface area contributed by atoms with Crippen molar-refractivity contribution in [2.45, 2.75) is 20.3 Å². The Labute approximate surface area is 129 Å². The van der Waals surface area contributed by atoms with E-state index in [0.29, 0.717) is 0 Å². The van der Waals surface area contributed by atoms with Crippen molar-refractivity contribution in [2.24, 2.45) is 0 Å². The molecule has 22 heavy (non-hydrogen) atoms. The summed E-state index contributed by atoms with van der Waals surface area (Å²) in [5.41, 5.74) is 0.698. The third-order valence-electron chi connectivity index (χ3n) is 2.49. The maximum absolute atomic E-state index is 11.9. The van der Waals surface area contributed by atoms with Crippen LogP contribution in [0.5, 0.6) is 0 Å². The van der Waals surface area contributed by atoms with Crippen LogP contribution in [0.2, 0.25) is 0 Å². The first-order valence-corrected chi connectivity index (χ1v) is 6.96. The number of esters is 2. The lowest BCUT2D eigenvalue weighted by molar-refractivity contribution is -0.147. The van der Waals surface area contributed by atoms with Gasteiger partial charge in [-0.15, -0.1) is 0 Å². The molecule has 1 aromatic carbocycles. The van der Waals surface area contributed by atoms with Gasteiger partial charge in [-0.3, -0.25) is 9.59 Å². The molecule has 1 aromatic rings. The quantitative estimate of drug-likeness (QED) is 0.471. The summed E-state index contributed by atoms with van der Waals surface area (Å²) < 4.78 is 9.58. The molecule has 1 N–H and O–H groups in total. The van der Waals surface area contributed by atoms with Crippen LogP contribution >= 0.6 is 0 Å². The zero-order valence-corrected chi connectivity index (χ0v) is 12.6. The van der Waals surface area contributed by atoms with Gasteiger partial charge in [0.15, 0.2) is 0 Å². The van der Waals surface area contributed by atoms with Gasteiger partial charge in [0, 0.05) is 0 Å². The van der Waals surface area contributed by atoms with Crippen molar-refractivity contribution >= 4 is 23.9 Å². The monoisotopic (exact) mass is 305 g/mol. The van der Waals surface area contributed by atoms with Gasteiger partial charge in [-0.1, -0.05) is 30.3 Å². The second kappa shape index (κ2) is 9.33. The van der Waals surface area contributed by atoms with E-state index in [1.165, 1.54) is 6.08 Å². The molecule has 1 amide bonds. The molecular weight excluding hydrogens is 286 g/mol. The summed E-state index contributed by atoms with van der Waals surface area (Å²) in [4.78, 5) is 34.9. The third kappa shape index (κ3) is 6.21. The van der Waals surface area contributed by atoms with E-state index < -0.39 is 24.3 Å². The standard InChI is InChI=1S/C16H19NO5/c1-3-21-15(19)11-14(18)17-13(16(20)22-4-2)10-12-8-6-5-7-9-12/h5-10H,3-4,11H2,1-2H3,(H,17,18)/b13-10-. The summed E-state index contributed by atoms with van der Waals surface area (Å²) >= 11 is 0. The molecular formula is C16H19NO5. The van der Waals surface area contributed by atoms with E-state index in [0.717, 1.165) is 5.56 Å². The maximum atomic E-state index is 11.9. The first kappa shape index (κ1) is 17.4. The van der Waals surface area contributed by atoms with Crippen LogP contribution in [-0.2, 0) is 23.9 Å². The van der Waals surface area contributed by atoms with Crippen molar-refractivity contribution in [1.29, 1.82) is 0 Å². The number of carbonyl (C=O) groups excluding carboxylic acids is 3. The van der Waals surface area contributed by atoms with Gasteiger partial charge in [0.1, 0.15) is 12.1 Å². The summed E-state index contributed by atoms with van der Waals surface area (Å²) in [5.74, 6) is -1.94. The van der Waals surface area contributed by atoms with Gasteiger partial charge in [0.25, 0.3) is 0 Å². The van der Waals surface area contributed by atoms with Gasteiger partial charge in [-0.05, 0) is 25.5 Å². The molecule has 0 saturated carbocycles. The number of amides is 1. The van der Waals surface area contributed by atoms with Gasteiger partial charge in [-0.25, -0.2) is 4.79 Å². The Morgan fingerprint density at radius 2 is 1.68 bits per heavy atom. The van der Waals surface area contributed by atoms with E-state index in [-0.39, 0.29) is 18.9 Å². The van der Waals surface area contributed by atoms with E-state index in [1.807, 2.05) is 6.07 Å². The fourth-order valence-corrected chi connectivity index (χ4v) is 1.61. The fraction of sp³-hybridized carbons (Fsp3) is 0.312. The molecule has 1 rings (SSSR count). The van der Waals surface area contributed by atoms with E-state index in [4.69, 9.17) is 4.74 Å². The van der Waals surface area contributed by atoms with Crippen molar-refractivity contribution < 1.29 is 23.9 Å². The molecule has 0 heterocycles. The lowest BCUT2D eigenvalue weighted by Gasteiger charge is -2.09. The zero-order chi connectivity index (χ0) is 16.4. The van der Waals surface area contributed by atoms with Crippen LogP contribution in [0, 0.1) is 0 Å². The Morgan fingerprint density at radius 3 is 2.27 bits per heavy atom. The SMILES string of the molecule is CCOC(=O)CC(=O)N/C(=C\c1ccccc1)C(=O)OCC. The fourth-order valence-electron chi connectivity index (χ4n) is 1.61. The Balaban J connectivity index is 2.83. The number of carbonyl (C=O) groups is 3. The number of rotatable bonds is 7. The molecule has 0 aromatic heterocycles. The molecule has 0 atom stereocenters. The summed E-state index contributed by atoms with van der Waals surface area (Å²) in [6.45, 7) is 3.68. The summed E-state index contributed by atoms with van der Waals surface area (Å²) in [6, 6.07) is 8.98. The molecule has 6 heteroatoms. The number of hydrogen-bond donors (Lipinski definition) is 1. The third-order valence-corrected chi connectivity index (χ3v) is 2.49. The first-order valence-electron chi connectivity index (χ1n) is 6.96. The van der Waals surface area contributed by atoms with Crippen LogP contribution in [-0.4, -0.2) is 31.1 Å². The highest BCUT2D eigenvalue weighted by Gasteiger charge is 2.17. The van der Waals surface area contributed by atoms with E-state index >= 15 is 0 Å². The minimum atomic E-state index is -0.663.